The number of rotatable bonds is 6. The zero-order valence-electron chi connectivity index (χ0n) is 15.9. The molecule has 3 aromatic rings. The van der Waals surface area contributed by atoms with Gasteiger partial charge in [-0.25, -0.2) is 14.4 Å². The number of hydrogen-bond acceptors (Lipinski definition) is 6. The Bertz CT molecular complexity index is 1090. The largest absolute Gasteiger partial charge is 0.417 e. The maximum atomic E-state index is 13.1. The van der Waals surface area contributed by atoms with E-state index in [9.17, 15) is 27.5 Å². The third-order valence-electron chi connectivity index (χ3n) is 4.24. The Balaban J connectivity index is 1.89. The Morgan fingerprint density at radius 2 is 1.97 bits per heavy atom. The van der Waals surface area contributed by atoms with E-state index in [0.29, 0.717) is 5.69 Å². The van der Waals surface area contributed by atoms with Gasteiger partial charge in [-0.1, -0.05) is 22.9 Å². The fourth-order valence-electron chi connectivity index (χ4n) is 2.83. The summed E-state index contributed by atoms with van der Waals surface area (Å²) in [5.41, 5.74) is -0.938. The summed E-state index contributed by atoms with van der Waals surface area (Å²) in [5.74, 6) is -1.53. The molecule has 0 saturated heterocycles. The van der Waals surface area contributed by atoms with Gasteiger partial charge in [0.2, 0.25) is 0 Å². The zero-order valence-corrected chi connectivity index (χ0v) is 16.6. The molecule has 1 amide bonds. The summed E-state index contributed by atoms with van der Waals surface area (Å²) in [6.45, 7) is 1.22. The maximum absolute atomic E-state index is 13.1. The van der Waals surface area contributed by atoms with Crippen LogP contribution in [0, 0.1) is 5.82 Å². The molecule has 2 N–H and O–H groups in total. The number of carbonyl (C=O) groups is 1. The van der Waals surface area contributed by atoms with Gasteiger partial charge >= 0.3 is 6.18 Å². The molecule has 1 aromatic carbocycles. The predicted molar refractivity (Wildman–Crippen MR) is 100 cm³/mol. The molecule has 0 saturated carbocycles. The molecule has 0 bridgehead atoms. The maximum Gasteiger partial charge on any atom is 0.417 e. The lowest BCUT2D eigenvalue weighted by atomic mass is 10.1. The Kier molecular flexibility index (Phi) is 6.51. The molecule has 2 heterocycles. The van der Waals surface area contributed by atoms with Gasteiger partial charge in [0.05, 0.1) is 40.3 Å². The highest BCUT2D eigenvalue weighted by molar-refractivity contribution is 6.34. The van der Waals surface area contributed by atoms with Crippen LogP contribution in [0.2, 0.25) is 5.02 Å². The summed E-state index contributed by atoms with van der Waals surface area (Å²) in [6.07, 6.45) is -2.82. The summed E-state index contributed by atoms with van der Waals surface area (Å²) in [6, 6.07) is 2.19. The van der Waals surface area contributed by atoms with Crippen LogP contribution in [0.25, 0.3) is 5.95 Å². The van der Waals surface area contributed by atoms with Gasteiger partial charge in [0.25, 0.3) is 11.9 Å². The molecule has 0 fully saturated rings. The van der Waals surface area contributed by atoms with Crippen molar-refractivity contribution in [1.82, 2.24) is 30.3 Å². The number of nitrogens with one attached hydrogen (secondary N) is 1. The molecule has 13 heteroatoms. The Morgan fingerprint density at radius 1 is 1.29 bits per heavy atom. The quantitative estimate of drug-likeness (QED) is 0.550. The van der Waals surface area contributed by atoms with E-state index in [1.54, 1.807) is 0 Å². The molecule has 164 valence electrons. The average molecular weight is 459 g/mol. The van der Waals surface area contributed by atoms with Gasteiger partial charge in [0.15, 0.2) is 5.82 Å². The first-order valence-corrected chi connectivity index (χ1v) is 9.21. The minimum atomic E-state index is -4.72. The number of aromatic nitrogens is 5. The molecule has 0 aliphatic heterocycles. The third-order valence-corrected chi connectivity index (χ3v) is 4.65. The van der Waals surface area contributed by atoms with E-state index in [0.717, 1.165) is 30.6 Å². The highest BCUT2D eigenvalue weighted by Gasteiger charge is 2.35. The minimum absolute atomic E-state index is 0.0111. The van der Waals surface area contributed by atoms with Crippen LogP contribution in [-0.2, 0) is 12.6 Å². The van der Waals surface area contributed by atoms with Crippen molar-refractivity contribution in [2.45, 2.75) is 25.6 Å². The monoisotopic (exact) mass is 458 g/mol. The van der Waals surface area contributed by atoms with Crippen LogP contribution in [0.3, 0.4) is 0 Å². The lowest BCUT2D eigenvalue weighted by Crippen LogP contribution is -2.28. The lowest BCUT2D eigenvalue weighted by Gasteiger charge is -2.16. The van der Waals surface area contributed by atoms with E-state index in [2.05, 4.69) is 25.6 Å². The number of halogens is 5. The summed E-state index contributed by atoms with van der Waals surface area (Å²) < 4.78 is 53.4. The standard InChI is InChI=1S/C18H15ClF4N6O2/c1-9(26-16(31)11-3-2-4-12(14(11)19)18(21,22)23)15-13(5-6-30)29(28-27-15)17-24-7-10(20)8-25-17/h2-4,7-9,30H,5-6H2,1H3,(H,26,31). The molecule has 0 radical (unpaired) electrons. The first-order chi connectivity index (χ1) is 14.6. The fourth-order valence-corrected chi connectivity index (χ4v) is 3.15. The van der Waals surface area contributed by atoms with Crippen LogP contribution >= 0.6 is 11.6 Å². The second-order valence-electron chi connectivity index (χ2n) is 6.37. The van der Waals surface area contributed by atoms with Gasteiger partial charge in [-0.2, -0.15) is 17.9 Å². The molecule has 1 atom stereocenters. The van der Waals surface area contributed by atoms with Crippen LogP contribution in [0.1, 0.15) is 40.3 Å². The second kappa shape index (κ2) is 8.94. The van der Waals surface area contributed by atoms with E-state index in [-0.39, 0.29) is 30.2 Å². The minimum Gasteiger partial charge on any atom is -0.396 e. The van der Waals surface area contributed by atoms with E-state index in [1.807, 2.05) is 0 Å². The highest BCUT2D eigenvalue weighted by Crippen LogP contribution is 2.36. The Labute approximate surface area is 177 Å². The normalized spacial score (nSPS) is 12.6. The molecular weight excluding hydrogens is 444 g/mol. The smallest absolute Gasteiger partial charge is 0.396 e. The topological polar surface area (TPSA) is 106 Å². The number of nitrogens with zero attached hydrogens (tertiary/aromatic N) is 5. The summed E-state index contributed by atoms with van der Waals surface area (Å²) in [7, 11) is 0. The summed E-state index contributed by atoms with van der Waals surface area (Å²) >= 11 is 5.80. The van der Waals surface area contributed by atoms with Gasteiger partial charge in [-0.15, -0.1) is 5.10 Å². The molecular formula is C18H15ClF4N6O2. The van der Waals surface area contributed by atoms with Crippen molar-refractivity contribution in [3.63, 3.8) is 0 Å². The number of aliphatic hydroxyl groups excluding tert-OH is 1. The van der Waals surface area contributed by atoms with Crippen molar-refractivity contribution in [3.05, 3.63) is 63.9 Å². The summed E-state index contributed by atoms with van der Waals surface area (Å²) in [5, 5.41) is 19.0. The van der Waals surface area contributed by atoms with Crippen molar-refractivity contribution in [2.75, 3.05) is 6.61 Å². The van der Waals surface area contributed by atoms with Crippen molar-refractivity contribution in [2.24, 2.45) is 0 Å². The van der Waals surface area contributed by atoms with Crippen LogP contribution in [0.15, 0.2) is 30.6 Å². The van der Waals surface area contributed by atoms with Crippen LogP contribution in [-0.4, -0.2) is 42.6 Å². The molecule has 0 spiro atoms. The molecule has 3 rings (SSSR count). The average Bonchev–Trinajstić information content (AvgIpc) is 3.12. The molecule has 31 heavy (non-hydrogen) atoms. The van der Waals surface area contributed by atoms with Crippen LogP contribution < -0.4 is 5.32 Å². The van der Waals surface area contributed by atoms with Crippen molar-refractivity contribution >= 4 is 17.5 Å². The summed E-state index contributed by atoms with van der Waals surface area (Å²) in [4.78, 5) is 20.2. The Morgan fingerprint density at radius 3 is 2.58 bits per heavy atom. The fraction of sp³-hybridized carbons (Fsp3) is 0.278. The predicted octanol–water partition coefficient (Wildman–Crippen LogP) is 2.89. The Hall–Kier alpha value is -3.12. The SMILES string of the molecule is CC(NC(=O)c1cccc(C(F)(F)F)c1Cl)c1nnn(-c2ncc(F)cn2)c1CCO. The molecule has 2 aromatic heterocycles. The van der Waals surface area contributed by atoms with Crippen molar-refractivity contribution in [1.29, 1.82) is 0 Å². The molecule has 8 nitrogen and oxygen atoms in total. The lowest BCUT2D eigenvalue weighted by molar-refractivity contribution is -0.137. The van der Waals surface area contributed by atoms with E-state index in [1.165, 1.54) is 11.6 Å². The van der Waals surface area contributed by atoms with Crippen LogP contribution in [0.4, 0.5) is 17.6 Å². The van der Waals surface area contributed by atoms with Crippen molar-refractivity contribution in [3.8, 4) is 5.95 Å². The first-order valence-electron chi connectivity index (χ1n) is 8.83. The number of hydrogen-bond donors (Lipinski definition) is 2. The van der Waals surface area contributed by atoms with Gasteiger partial charge in [-0.3, -0.25) is 4.79 Å². The van der Waals surface area contributed by atoms with Gasteiger partial charge in [0.1, 0.15) is 5.69 Å². The molecule has 0 aliphatic carbocycles. The zero-order chi connectivity index (χ0) is 22.8. The number of alkyl halides is 3. The molecule has 1 unspecified atom stereocenters. The highest BCUT2D eigenvalue weighted by atomic mass is 35.5. The van der Waals surface area contributed by atoms with E-state index >= 15 is 0 Å². The number of aliphatic hydroxyl groups is 1. The third kappa shape index (κ3) is 4.80. The van der Waals surface area contributed by atoms with E-state index < -0.39 is 34.5 Å². The van der Waals surface area contributed by atoms with Crippen molar-refractivity contribution < 1.29 is 27.5 Å². The van der Waals surface area contributed by atoms with E-state index in [4.69, 9.17) is 11.6 Å². The number of benzene rings is 1. The first kappa shape index (κ1) is 22.6. The van der Waals surface area contributed by atoms with Crippen LogP contribution in [0.5, 0.6) is 0 Å². The van der Waals surface area contributed by atoms with Gasteiger partial charge in [0, 0.05) is 13.0 Å². The van der Waals surface area contributed by atoms with Gasteiger partial charge < -0.3 is 10.4 Å². The number of carbonyl (C=O) groups excluding carboxylic acids is 1. The number of amides is 1. The van der Waals surface area contributed by atoms with Gasteiger partial charge in [-0.05, 0) is 19.1 Å². The molecule has 0 aliphatic rings. The second-order valence-corrected chi connectivity index (χ2v) is 6.75.